The molecule has 0 radical (unpaired) electrons. The van der Waals surface area contributed by atoms with E-state index in [2.05, 4.69) is 71.9 Å². The molecule has 0 spiro atoms. The van der Waals surface area contributed by atoms with Crippen molar-refractivity contribution in [1.29, 1.82) is 0 Å². The Bertz CT molecular complexity index is 750. The van der Waals surface area contributed by atoms with Crippen LogP contribution in [0, 0.1) is 18.8 Å². The van der Waals surface area contributed by atoms with Gasteiger partial charge in [0, 0.05) is 44.0 Å². The number of fused-ring (bicyclic) bond motifs is 1. The molecule has 0 amide bonds. The lowest BCUT2D eigenvalue weighted by Crippen LogP contribution is -2.30. The largest absolute Gasteiger partial charge is 0.340 e. The monoisotopic (exact) mass is 408 g/mol. The van der Waals surface area contributed by atoms with E-state index in [0.717, 1.165) is 25.6 Å². The molecule has 2 saturated heterocycles. The smallest absolute Gasteiger partial charge is 0.225 e. The van der Waals surface area contributed by atoms with Gasteiger partial charge in [0.05, 0.1) is 0 Å². The average molecular weight is 409 g/mol. The van der Waals surface area contributed by atoms with E-state index in [1.165, 1.54) is 16.7 Å². The highest BCUT2D eigenvalue weighted by Gasteiger charge is 2.46. The Morgan fingerprint density at radius 2 is 1.67 bits per heavy atom. The minimum absolute atomic E-state index is 0. The molecule has 4 rings (SSSR count). The summed E-state index contributed by atoms with van der Waals surface area (Å²) in [6.07, 6.45) is 3.98. The van der Waals surface area contributed by atoms with E-state index >= 15 is 0 Å². The third kappa shape index (κ3) is 4.08. The second-order valence-corrected chi connectivity index (χ2v) is 8.04. The molecule has 3 atom stereocenters. The Morgan fingerprint density at radius 1 is 1.00 bits per heavy atom. The molecular weight excluding hydrogens is 379 g/mol. The normalized spacial score (nSPS) is 24.5. The molecule has 2 fully saturated rings. The number of hydrogen-bond donors (Lipinski definition) is 0. The average Bonchev–Trinajstić information content (AvgIpc) is 3.12. The zero-order chi connectivity index (χ0) is 17.6. The highest BCUT2D eigenvalue weighted by Crippen LogP contribution is 2.45. The van der Waals surface area contributed by atoms with E-state index in [4.69, 9.17) is 0 Å². The molecule has 2 aliphatic rings. The molecule has 0 saturated carbocycles. The predicted molar refractivity (Wildman–Crippen MR) is 116 cm³/mol. The van der Waals surface area contributed by atoms with Crippen molar-refractivity contribution in [1.82, 2.24) is 14.9 Å². The van der Waals surface area contributed by atoms with Crippen molar-refractivity contribution in [3.05, 3.63) is 53.3 Å². The molecule has 3 heterocycles. The number of aromatic nitrogens is 2. The zero-order valence-electron chi connectivity index (χ0n) is 16.5. The molecule has 1 aromatic carbocycles. The third-order valence-electron chi connectivity index (χ3n) is 6.01. The van der Waals surface area contributed by atoms with E-state index < -0.39 is 0 Å². The Balaban J connectivity index is 0.00000131. The van der Waals surface area contributed by atoms with Crippen LogP contribution in [-0.4, -0.2) is 41.5 Å². The number of anilines is 1. The number of halogens is 2. The van der Waals surface area contributed by atoms with Crippen molar-refractivity contribution in [2.24, 2.45) is 11.8 Å². The van der Waals surface area contributed by atoms with Gasteiger partial charge in [-0.3, -0.25) is 4.90 Å². The van der Waals surface area contributed by atoms with Gasteiger partial charge in [0.2, 0.25) is 5.95 Å². The maximum absolute atomic E-state index is 4.64. The van der Waals surface area contributed by atoms with Crippen LogP contribution >= 0.6 is 24.8 Å². The molecule has 1 aromatic heterocycles. The fourth-order valence-corrected chi connectivity index (χ4v) is 4.60. The molecule has 4 nitrogen and oxygen atoms in total. The fraction of sp³-hybridized carbons (Fsp3) is 0.524. The SMILES string of the molecule is Cc1ccccc1[C@@H]1[C@@H]2CN(c3ncc(C(C)C)cn3)C[C@@H]2CN1C.Cl.Cl. The summed E-state index contributed by atoms with van der Waals surface area (Å²) in [5.41, 5.74) is 4.09. The van der Waals surface area contributed by atoms with Crippen LogP contribution in [0.15, 0.2) is 36.7 Å². The van der Waals surface area contributed by atoms with E-state index in [0.29, 0.717) is 23.8 Å². The zero-order valence-corrected chi connectivity index (χ0v) is 18.1. The number of rotatable bonds is 3. The first kappa shape index (κ1) is 21.9. The summed E-state index contributed by atoms with van der Waals surface area (Å²) in [6, 6.07) is 9.35. The first-order chi connectivity index (χ1) is 12.0. The molecule has 0 unspecified atom stereocenters. The molecule has 6 heteroatoms. The summed E-state index contributed by atoms with van der Waals surface area (Å²) in [4.78, 5) is 14.2. The van der Waals surface area contributed by atoms with Crippen molar-refractivity contribution in [2.75, 3.05) is 31.6 Å². The van der Waals surface area contributed by atoms with Crippen LogP contribution in [0.1, 0.15) is 42.5 Å². The Hall–Kier alpha value is -1.36. The fourth-order valence-electron chi connectivity index (χ4n) is 4.60. The van der Waals surface area contributed by atoms with Gasteiger partial charge in [0.1, 0.15) is 0 Å². The summed E-state index contributed by atoms with van der Waals surface area (Å²) >= 11 is 0. The number of benzene rings is 1. The van der Waals surface area contributed by atoms with Gasteiger partial charge in [-0.15, -0.1) is 24.8 Å². The minimum Gasteiger partial charge on any atom is -0.340 e. The van der Waals surface area contributed by atoms with Crippen LogP contribution in [0.4, 0.5) is 5.95 Å². The Kier molecular flexibility index (Phi) is 7.12. The standard InChI is InChI=1S/C21H28N4.2ClH/c1-14(2)16-9-22-21(23-10-16)25-12-17-11-24(4)20(19(17)13-25)18-8-6-5-7-15(18)3;;/h5-10,14,17,19-20H,11-13H2,1-4H3;2*1H/t17-,19+,20+;;/m0../s1. The minimum atomic E-state index is 0. The molecule has 2 aromatic rings. The van der Waals surface area contributed by atoms with Crippen molar-refractivity contribution in [3.8, 4) is 0 Å². The molecule has 0 N–H and O–H groups in total. The highest BCUT2D eigenvalue weighted by molar-refractivity contribution is 5.85. The van der Waals surface area contributed by atoms with Crippen LogP contribution in [0.5, 0.6) is 0 Å². The first-order valence-corrected chi connectivity index (χ1v) is 9.37. The van der Waals surface area contributed by atoms with Crippen LogP contribution in [0.2, 0.25) is 0 Å². The van der Waals surface area contributed by atoms with Gasteiger partial charge in [-0.1, -0.05) is 38.1 Å². The predicted octanol–water partition coefficient (Wildman–Crippen LogP) is 4.49. The lowest BCUT2D eigenvalue weighted by molar-refractivity contribution is 0.278. The van der Waals surface area contributed by atoms with Gasteiger partial charge >= 0.3 is 0 Å². The van der Waals surface area contributed by atoms with Gasteiger partial charge in [0.25, 0.3) is 0 Å². The molecule has 148 valence electrons. The molecular formula is C21H30Cl2N4. The Labute approximate surface area is 175 Å². The quantitative estimate of drug-likeness (QED) is 0.748. The van der Waals surface area contributed by atoms with Gasteiger partial charge in [-0.25, -0.2) is 9.97 Å². The van der Waals surface area contributed by atoms with Crippen molar-refractivity contribution in [3.63, 3.8) is 0 Å². The molecule has 0 bridgehead atoms. The van der Waals surface area contributed by atoms with Gasteiger partial charge in [-0.05, 0) is 42.5 Å². The Morgan fingerprint density at radius 3 is 2.30 bits per heavy atom. The number of aryl methyl sites for hydroxylation is 1. The van der Waals surface area contributed by atoms with Gasteiger partial charge in [-0.2, -0.15) is 0 Å². The molecule has 2 aliphatic heterocycles. The highest BCUT2D eigenvalue weighted by atomic mass is 35.5. The number of nitrogens with zero attached hydrogens (tertiary/aromatic N) is 4. The van der Waals surface area contributed by atoms with Crippen LogP contribution in [0.25, 0.3) is 0 Å². The number of hydrogen-bond acceptors (Lipinski definition) is 4. The van der Waals surface area contributed by atoms with E-state index in [-0.39, 0.29) is 24.8 Å². The van der Waals surface area contributed by atoms with Crippen LogP contribution in [-0.2, 0) is 0 Å². The van der Waals surface area contributed by atoms with Crippen molar-refractivity contribution >= 4 is 30.8 Å². The van der Waals surface area contributed by atoms with Crippen molar-refractivity contribution in [2.45, 2.75) is 32.7 Å². The first-order valence-electron chi connectivity index (χ1n) is 9.37. The van der Waals surface area contributed by atoms with E-state index in [9.17, 15) is 0 Å². The van der Waals surface area contributed by atoms with Crippen molar-refractivity contribution < 1.29 is 0 Å². The van der Waals surface area contributed by atoms with Gasteiger partial charge < -0.3 is 4.90 Å². The second kappa shape index (κ2) is 8.76. The van der Waals surface area contributed by atoms with Crippen LogP contribution in [0.3, 0.4) is 0 Å². The number of likely N-dealkylation sites (tertiary alicyclic amines) is 1. The summed E-state index contributed by atoms with van der Waals surface area (Å²) in [6.45, 7) is 9.87. The summed E-state index contributed by atoms with van der Waals surface area (Å²) < 4.78 is 0. The maximum atomic E-state index is 4.64. The third-order valence-corrected chi connectivity index (χ3v) is 6.01. The van der Waals surface area contributed by atoms with E-state index in [1.54, 1.807) is 0 Å². The molecule has 0 aliphatic carbocycles. The van der Waals surface area contributed by atoms with Gasteiger partial charge in [0.15, 0.2) is 0 Å². The van der Waals surface area contributed by atoms with E-state index in [1.807, 2.05) is 12.4 Å². The van der Waals surface area contributed by atoms with Crippen LogP contribution < -0.4 is 4.90 Å². The lowest BCUT2D eigenvalue weighted by atomic mass is 9.88. The summed E-state index contributed by atoms with van der Waals surface area (Å²) in [5, 5.41) is 0. The second-order valence-electron chi connectivity index (χ2n) is 8.04. The molecule has 27 heavy (non-hydrogen) atoms. The maximum Gasteiger partial charge on any atom is 0.225 e. The summed E-state index contributed by atoms with van der Waals surface area (Å²) in [7, 11) is 2.27. The lowest BCUT2D eigenvalue weighted by Gasteiger charge is -2.28. The summed E-state index contributed by atoms with van der Waals surface area (Å²) in [5.74, 6) is 2.72. The topological polar surface area (TPSA) is 32.3 Å².